The van der Waals surface area contributed by atoms with Crippen LogP contribution < -0.4 is 4.83 Å². The molecular weight excluding hydrogens is 463 g/mol. The molecule has 10 heteroatoms. The zero-order valence-electron chi connectivity index (χ0n) is 16.2. The predicted octanol–water partition coefficient (Wildman–Crippen LogP) is 5.82. The van der Waals surface area contributed by atoms with Crippen LogP contribution in [0.15, 0.2) is 89.8 Å². The third-order valence-electron chi connectivity index (χ3n) is 4.60. The molecule has 32 heavy (non-hydrogen) atoms. The Hall–Kier alpha value is -3.30. The molecule has 0 saturated carbocycles. The van der Waals surface area contributed by atoms with Gasteiger partial charge in [0.25, 0.3) is 10.0 Å². The standard InChI is InChI=1S/C22H15ClF3N3O2S/c23-18-11-9-15(10-12-18)21-14-20(16-5-4-6-17(13-16)22(24,25)26)27-29(21)28-32(30,31)19-7-2-1-3-8-19/h1-14,28H. The van der Waals surface area contributed by atoms with Crippen LogP contribution >= 0.6 is 11.6 Å². The Morgan fingerprint density at radius 2 is 1.53 bits per heavy atom. The van der Waals surface area contributed by atoms with Gasteiger partial charge < -0.3 is 0 Å². The number of sulfonamides is 1. The van der Waals surface area contributed by atoms with Gasteiger partial charge in [-0.25, -0.2) is 0 Å². The van der Waals surface area contributed by atoms with Crippen LogP contribution in [0.2, 0.25) is 5.02 Å². The number of hydrogen-bond acceptors (Lipinski definition) is 3. The molecule has 0 saturated heterocycles. The average molecular weight is 478 g/mol. The van der Waals surface area contributed by atoms with Gasteiger partial charge in [0.05, 0.1) is 21.8 Å². The summed E-state index contributed by atoms with van der Waals surface area (Å²) >= 11 is 5.95. The summed E-state index contributed by atoms with van der Waals surface area (Å²) in [4.78, 5) is 3.41. The zero-order valence-corrected chi connectivity index (χ0v) is 17.8. The van der Waals surface area contributed by atoms with Crippen LogP contribution in [-0.2, 0) is 16.2 Å². The van der Waals surface area contributed by atoms with Gasteiger partial charge in [0.15, 0.2) is 0 Å². The van der Waals surface area contributed by atoms with E-state index in [4.69, 9.17) is 11.6 Å². The van der Waals surface area contributed by atoms with Crippen LogP contribution in [0.3, 0.4) is 0 Å². The van der Waals surface area contributed by atoms with E-state index < -0.39 is 21.8 Å². The highest BCUT2D eigenvalue weighted by atomic mass is 35.5. The lowest BCUT2D eigenvalue weighted by Crippen LogP contribution is -2.25. The number of hydrogen-bond donors (Lipinski definition) is 1. The van der Waals surface area contributed by atoms with Gasteiger partial charge in [0.2, 0.25) is 0 Å². The van der Waals surface area contributed by atoms with E-state index >= 15 is 0 Å². The monoisotopic (exact) mass is 477 g/mol. The maximum Gasteiger partial charge on any atom is 0.416 e. The molecule has 0 aliphatic carbocycles. The second-order valence-corrected chi connectivity index (χ2v) is 8.92. The highest BCUT2D eigenvalue weighted by Crippen LogP contribution is 2.33. The smallest absolute Gasteiger partial charge is 0.200 e. The SMILES string of the molecule is O=S(=O)(Nn1nc(-c2cccc(C(F)(F)F)c2)cc1-c1ccc(Cl)cc1)c1ccccc1. The van der Waals surface area contributed by atoms with Crippen molar-refractivity contribution in [1.29, 1.82) is 0 Å². The number of nitrogens with one attached hydrogen (secondary N) is 1. The Morgan fingerprint density at radius 3 is 2.19 bits per heavy atom. The number of benzene rings is 3. The van der Waals surface area contributed by atoms with Crippen LogP contribution in [0.5, 0.6) is 0 Å². The minimum absolute atomic E-state index is 0.0122. The number of alkyl halides is 3. The molecule has 0 unspecified atom stereocenters. The molecule has 0 radical (unpaired) electrons. The Bertz CT molecular complexity index is 1350. The molecule has 0 fully saturated rings. The highest BCUT2D eigenvalue weighted by Gasteiger charge is 2.30. The molecular formula is C22H15ClF3N3O2S. The van der Waals surface area contributed by atoms with Crippen molar-refractivity contribution < 1.29 is 21.6 Å². The molecule has 4 rings (SSSR count). The first-order valence-corrected chi connectivity index (χ1v) is 11.1. The quantitative estimate of drug-likeness (QED) is 0.394. The van der Waals surface area contributed by atoms with Gasteiger partial charge in [-0.05, 0) is 42.5 Å². The molecule has 1 heterocycles. The Kier molecular flexibility index (Phi) is 5.70. The van der Waals surface area contributed by atoms with Crippen LogP contribution in [0.25, 0.3) is 22.5 Å². The fourth-order valence-electron chi connectivity index (χ4n) is 3.04. The minimum Gasteiger partial charge on any atom is -0.200 e. The second kappa shape index (κ2) is 8.33. The lowest BCUT2D eigenvalue weighted by molar-refractivity contribution is -0.137. The van der Waals surface area contributed by atoms with Crippen molar-refractivity contribution in [3.63, 3.8) is 0 Å². The van der Waals surface area contributed by atoms with E-state index in [0.29, 0.717) is 16.3 Å². The second-order valence-electron chi connectivity index (χ2n) is 6.82. The van der Waals surface area contributed by atoms with E-state index in [1.807, 2.05) is 0 Å². The van der Waals surface area contributed by atoms with Crippen LogP contribution in [-0.4, -0.2) is 18.3 Å². The Morgan fingerprint density at radius 1 is 0.844 bits per heavy atom. The highest BCUT2D eigenvalue weighted by molar-refractivity contribution is 7.92. The number of aromatic nitrogens is 2. The molecule has 1 N–H and O–H groups in total. The summed E-state index contributed by atoms with van der Waals surface area (Å²) in [5.41, 5.74) is 0.413. The fraction of sp³-hybridized carbons (Fsp3) is 0.0455. The summed E-state index contributed by atoms with van der Waals surface area (Å²) < 4.78 is 65.1. The number of rotatable bonds is 5. The number of halogens is 4. The topological polar surface area (TPSA) is 64.0 Å². The molecule has 0 bridgehead atoms. The normalized spacial score (nSPS) is 12.0. The first kappa shape index (κ1) is 21.9. The maximum absolute atomic E-state index is 13.2. The third kappa shape index (κ3) is 4.63. The van der Waals surface area contributed by atoms with Crippen molar-refractivity contribution in [2.45, 2.75) is 11.1 Å². The van der Waals surface area contributed by atoms with E-state index in [0.717, 1.165) is 16.9 Å². The third-order valence-corrected chi connectivity index (χ3v) is 6.15. The maximum atomic E-state index is 13.2. The molecule has 0 aliphatic rings. The van der Waals surface area contributed by atoms with Crippen LogP contribution in [0.1, 0.15) is 5.56 Å². The van der Waals surface area contributed by atoms with Crippen molar-refractivity contribution in [1.82, 2.24) is 9.89 Å². The summed E-state index contributed by atoms with van der Waals surface area (Å²) in [5.74, 6) is 0. The molecule has 5 nitrogen and oxygen atoms in total. The van der Waals surface area contributed by atoms with Crippen LogP contribution in [0, 0.1) is 0 Å². The fourth-order valence-corrected chi connectivity index (χ4v) is 4.15. The molecule has 0 aliphatic heterocycles. The summed E-state index contributed by atoms with van der Waals surface area (Å²) in [6, 6.07) is 20.4. The molecule has 164 valence electrons. The molecule has 0 spiro atoms. The van der Waals surface area contributed by atoms with Crippen molar-refractivity contribution in [3.05, 3.63) is 95.5 Å². The molecule has 1 aromatic heterocycles. The molecule has 3 aromatic carbocycles. The Labute approximate surface area is 187 Å². The lowest BCUT2D eigenvalue weighted by Gasteiger charge is -2.11. The largest absolute Gasteiger partial charge is 0.416 e. The number of nitrogens with zero attached hydrogens (tertiary/aromatic N) is 2. The van der Waals surface area contributed by atoms with Crippen molar-refractivity contribution in [2.24, 2.45) is 0 Å². The van der Waals surface area contributed by atoms with Gasteiger partial charge in [-0.3, -0.25) is 0 Å². The van der Waals surface area contributed by atoms with Gasteiger partial charge in [-0.1, -0.05) is 54.1 Å². The van der Waals surface area contributed by atoms with Crippen molar-refractivity contribution in [3.8, 4) is 22.5 Å². The van der Waals surface area contributed by atoms with Gasteiger partial charge in [0.1, 0.15) is 0 Å². The molecule has 0 amide bonds. The Balaban J connectivity index is 1.82. The van der Waals surface area contributed by atoms with E-state index in [9.17, 15) is 21.6 Å². The lowest BCUT2D eigenvalue weighted by atomic mass is 10.1. The van der Waals surface area contributed by atoms with E-state index in [-0.39, 0.29) is 16.2 Å². The summed E-state index contributed by atoms with van der Waals surface area (Å²) in [6.45, 7) is 0. The van der Waals surface area contributed by atoms with Gasteiger partial charge in [-0.15, -0.1) is 0 Å². The van der Waals surface area contributed by atoms with E-state index in [1.165, 1.54) is 30.3 Å². The minimum atomic E-state index is -4.52. The van der Waals surface area contributed by atoms with Gasteiger partial charge >= 0.3 is 6.18 Å². The summed E-state index contributed by atoms with van der Waals surface area (Å²) in [7, 11) is -4.01. The predicted molar refractivity (Wildman–Crippen MR) is 116 cm³/mol. The molecule has 0 atom stereocenters. The van der Waals surface area contributed by atoms with Crippen molar-refractivity contribution >= 4 is 21.6 Å². The first-order chi connectivity index (χ1) is 15.1. The summed E-state index contributed by atoms with van der Waals surface area (Å²) in [5, 5.41) is 4.71. The van der Waals surface area contributed by atoms with Crippen molar-refractivity contribution in [2.75, 3.05) is 4.83 Å². The van der Waals surface area contributed by atoms with Crippen LogP contribution in [0.4, 0.5) is 13.2 Å². The summed E-state index contributed by atoms with van der Waals surface area (Å²) in [6.07, 6.45) is -4.52. The van der Waals surface area contributed by atoms with E-state index in [2.05, 4.69) is 9.93 Å². The van der Waals surface area contributed by atoms with Gasteiger partial charge in [-0.2, -0.15) is 36.3 Å². The molecule has 4 aromatic rings. The van der Waals surface area contributed by atoms with Gasteiger partial charge in [0, 0.05) is 16.1 Å². The first-order valence-electron chi connectivity index (χ1n) is 9.25. The average Bonchev–Trinajstić information content (AvgIpc) is 3.17. The van der Waals surface area contributed by atoms with E-state index in [1.54, 1.807) is 42.5 Å². The zero-order chi connectivity index (χ0) is 22.9.